The SMILES string of the molecule is CNC(c1cc(C)c(C)o1)c1cc(C)c(C)s1. The van der Waals surface area contributed by atoms with Gasteiger partial charge in [0.05, 0.1) is 0 Å². The average molecular weight is 249 g/mol. The van der Waals surface area contributed by atoms with Gasteiger partial charge in [-0.2, -0.15) is 0 Å². The Hall–Kier alpha value is -1.06. The predicted octanol–water partition coefficient (Wildman–Crippen LogP) is 3.88. The summed E-state index contributed by atoms with van der Waals surface area (Å²) in [5, 5.41) is 3.33. The zero-order valence-electron chi connectivity index (χ0n) is 11.0. The monoisotopic (exact) mass is 249 g/mol. The van der Waals surface area contributed by atoms with E-state index in [1.165, 1.54) is 20.9 Å². The van der Waals surface area contributed by atoms with E-state index < -0.39 is 0 Å². The van der Waals surface area contributed by atoms with E-state index >= 15 is 0 Å². The predicted molar refractivity (Wildman–Crippen MR) is 72.9 cm³/mol. The molecule has 0 radical (unpaired) electrons. The van der Waals surface area contributed by atoms with Crippen LogP contribution in [0, 0.1) is 27.7 Å². The number of hydrogen-bond donors (Lipinski definition) is 1. The second-order valence-corrected chi connectivity index (χ2v) is 5.79. The third kappa shape index (κ3) is 2.31. The molecule has 1 unspecified atom stereocenters. The lowest BCUT2D eigenvalue weighted by atomic mass is 10.1. The summed E-state index contributed by atoms with van der Waals surface area (Å²) in [5.74, 6) is 2.01. The molecular weight excluding hydrogens is 230 g/mol. The van der Waals surface area contributed by atoms with Crippen LogP contribution in [0.15, 0.2) is 16.5 Å². The Morgan fingerprint density at radius 2 is 1.82 bits per heavy atom. The molecule has 0 aromatic carbocycles. The van der Waals surface area contributed by atoms with Crippen molar-refractivity contribution in [3.05, 3.63) is 44.5 Å². The third-order valence-corrected chi connectivity index (χ3v) is 4.45. The molecule has 0 fully saturated rings. The fourth-order valence-electron chi connectivity index (χ4n) is 1.91. The van der Waals surface area contributed by atoms with Crippen molar-refractivity contribution in [2.45, 2.75) is 33.7 Å². The summed E-state index contributed by atoms with van der Waals surface area (Å²) in [4.78, 5) is 2.69. The van der Waals surface area contributed by atoms with E-state index in [1.54, 1.807) is 0 Å². The molecule has 2 heterocycles. The maximum Gasteiger partial charge on any atom is 0.126 e. The summed E-state index contributed by atoms with van der Waals surface area (Å²) in [6.45, 7) is 8.41. The minimum atomic E-state index is 0.166. The van der Waals surface area contributed by atoms with Crippen LogP contribution in [0.3, 0.4) is 0 Å². The Morgan fingerprint density at radius 1 is 1.12 bits per heavy atom. The van der Waals surface area contributed by atoms with Gasteiger partial charge in [0.2, 0.25) is 0 Å². The van der Waals surface area contributed by atoms with Crippen LogP contribution >= 0.6 is 11.3 Å². The molecule has 2 nitrogen and oxygen atoms in total. The number of nitrogens with one attached hydrogen (secondary N) is 1. The van der Waals surface area contributed by atoms with Crippen LogP contribution in [0.1, 0.15) is 38.4 Å². The number of furan rings is 1. The molecule has 17 heavy (non-hydrogen) atoms. The van der Waals surface area contributed by atoms with Gasteiger partial charge in [0, 0.05) is 9.75 Å². The van der Waals surface area contributed by atoms with Crippen LogP contribution in [0.25, 0.3) is 0 Å². The van der Waals surface area contributed by atoms with Crippen LogP contribution in [0.5, 0.6) is 0 Å². The molecule has 92 valence electrons. The van der Waals surface area contributed by atoms with Crippen LogP contribution in [0.4, 0.5) is 0 Å². The molecule has 0 bridgehead atoms. The minimum absolute atomic E-state index is 0.166. The highest BCUT2D eigenvalue weighted by molar-refractivity contribution is 7.12. The Labute approximate surface area is 107 Å². The van der Waals surface area contributed by atoms with E-state index in [9.17, 15) is 0 Å². The smallest absolute Gasteiger partial charge is 0.126 e. The van der Waals surface area contributed by atoms with Crippen molar-refractivity contribution in [3.63, 3.8) is 0 Å². The normalized spacial score (nSPS) is 13.0. The van der Waals surface area contributed by atoms with Crippen molar-refractivity contribution >= 4 is 11.3 Å². The van der Waals surface area contributed by atoms with Crippen LogP contribution in [-0.4, -0.2) is 7.05 Å². The first-order valence-electron chi connectivity index (χ1n) is 5.84. The summed E-state index contributed by atoms with van der Waals surface area (Å²) in [7, 11) is 1.97. The van der Waals surface area contributed by atoms with Crippen molar-refractivity contribution < 1.29 is 4.42 Å². The van der Waals surface area contributed by atoms with E-state index in [0.29, 0.717) is 0 Å². The Morgan fingerprint density at radius 3 is 2.24 bits per heavy atom. The lowest BCUT2D eigenvalue weighted by Crippen LogP contribution is -2.15. The van der Waals surface area contributed by atoms with Crippen molar-refractivity contribution in [2.75, 3.05) is 7.05 Å². The lowest BCUT2D eigenvalue weighted by molar-refractivity contribution is 0.445. The Bertz CT molecular complexity index is 439. The average Bonchev–Trinajstić information content (AvgIpc) is 2.75. The molecule has 0 amide bonds. The third-order valence-electron chi connectivity index (χ3n) is 3.23. The molecule has 1 atom stereocenters. The molecule has 3 heteroatoms. The second-order valence-electron chi connectivity index (χ2n) is 4.50. The fraction of sp³-hybridized carbons (Fsp3) is 0.429. The quantitative estimate of drug-likeness (QED) is 0.893. The van der Waals surface area contributed by atoms with Crippen molar-refractivity contribution in [3.8, 4) is 0 Å². The topological polar surface area (TPSA) is 25.2 Å². The van der Waals surface area contributed by atoms with Crippen molar-refractivity contribution in [2.24, 2.45) is 0 Å². The van der Waals surface area contributed by atoms with Gasteiger partial charge in [0.1, 0.15) is 17.6 Å². The van der Waals surface area contributed by atoms with Gasteiger partial charge in [-0.05, 0) is 58.0 Å². The molecule has 2 rings (SSSR count). The summed E-state index contributed by atoms with van der Waals surface area (Å²) >= 11 is 1.83. The number of thiophene rings is 1. The van der Waals surface area contributed by atoms with Crippen LogP contribution in [0.2, 0.25) is 0 Å². The molecular formula is C14H19NOS. The van der Waals surface area contributed by atoms with Gasteiger partial charge in [0.15, 0.2) is 0 Å². The standard InChI is InChI=1S/C14H19NOS/c1-8-6-12(16-10(8)3)14(15-5)13-7-9(2)11(4)17-13/h6-7,14-15H,1-5H3. The number of aryl methyl sites for hydroxylation is 4. The Balaban J connectivity index is 2.39. The first-order valence-corrected chi connectivity index (χ1v) is 6.65. The molecule has 0 saturated carbocycles. The maximum absolute atomic E-state index is 5.82. The van der Waals surface area contributed by atoms with Gasteiger partial charge in [-0.15, -0.1) is 11.3 Å². The molecule has 2 aromatic heterocycles. The van der Waals surface area contributed by atoms with Crippen LogP contribution in [-0.2, 0) is 0 Å². The van der Waals surface area contributed by atoms with Gasteiger partial charge >= 0.3 is 0 Å². The summed E-state index contributed by atoms with van der Waals surface area (Å²) in [6.07, 6.45) is 0. The van der Waals surface area contributed by atoms with Gasteiger partial charge < -0.3 is 9.73 Å². The highest BCUT2D eigenvalue weighted by atomic mass is 32.1. The van der Waals surface area contributed by atoms with Crippen molar-refractivity contribution in [1.29, 1.82) is 0 Å². The lowest BCUT2D eigenvalue weighted by Gasteiger charge is -2.11. The van der Waals surface area contributed by atoms with Gasteiger partial charge in [-0.3, -0.25) is 0 Å². The largest absolute Gasteiger partial charge is 0.464 e. The zero-order chi connectivity index (χ0) is 12.6. The second kappa shape index (κ2) is 4.67. The van der Waals surface area contributed by atoms with Crippen LogP contribution < -0.4 is 5.32 Å². The molecule has 2 aromatic rings. The highest BCUT2D eigenvalue weighted by Crippen LogP contribution is 2.32. The first-order chi connectivity index (χ1) is 8.02. The minimum Gasteiger partial charge on any atom is -0.464 e. The van der Waals surface area contributed by atoms with Crippen molar-refractivity contribution in [1.82, 2.24) is 5.32 Å². The summed E-state index contributed by atoms with van der Waals surface area (Å²) < 4.78 is 5.82. The highest BCUT2D eigenvalue weighted by Gasteiger charge is 2.19. The molecule has 0 aliphatic heterocycles. The van der Waals surface area contributed by atoms with E-state index in [0.717, 1.165) is 11.5 Å². The van der Waals surface area contributed by atoms with Gasteiger partial charge in [-0.25, -0.2) is 0 Å². The first kappa shape index (κ1) is 12.4. The van der Waals surface area contributed by atoms with E-state index in [4.69, 9.17) is 4.42 Å². The molecule has 0 aliphatic carbocycles. The van der Waals surface area contributed by atoms with E-state index in [1.807, 2.05) is 25.3 Å². The zero-order valence-corrected chi connectivity index (χ0v) is 11.9. The number of hydrogen-bond acceptors (Lipinski definition) is 3. The molecule has 0 spiro atoms. The van der Waals surface area contributed by atoms with E-state index in [2.05, 4.69) is 38.2 Å². The maximum atomic E-state index is 5.82. The molecule has 1 N–H and O–H groups in total. The Kier molecular flexibility index (Phi) is 3.40. The number of rotatable bonds is 3. The van der Waals surface area contributed by atoms with E-state index in [-0.39, 0.29) is 6.04 Å². The molecule has 0 aliphatic rings. The summed E-state index contributed by atoms with van der Waals surface area (Å²) in [5.41, 5.74) is 2.57. The molecule has 0 saturated heterocycles. The summed E-state index contributed by atoms with van der Waals surface area (Å²) in [6, 6.07) is 4.54. The van der Waals surface area contributed by atoms with Gasteiger partial charge in [0.25, 0.3) is 0 Å². The fourth-order valence-corrected chi connectivity index (χ4v) is 3.07. The van der Waals surface area contributed by atoms with Gasteiger partial charge in [-0.1, -0.05) is 0 Å².